The van der Waals surface area contributed by atoms with E-state index >= 15 is 0 Å². The van der Waals surface area contributed by atoms with Crippen LogP contribution in [0.4, 0.5) is 5.82 Å². The highest BCUT2D eigenvalue weighted by Gasteiger charge is 2.21. The fourth-order valence-electron chi connectivity index (χ4n) is 3.38. The predicted molar refractivity (Wildman–Crippen MR) is 100 cm³/mol. The van der Waals surface area contributed by atoms with E-state index in [9.17, 15) is 4.79 Å². The van der Waals surface area contributed by atoms with E-state index in [2.05, 4.69) is 14.9 Å². The molecule has 0 unspecified atom stereocenters. The highest BCUT2D eigenvalue weighted by molar-refractivity contribution is 5.77. The molecule has 3 heterocycles. The number of aryl methyl sites for hydroxylation is 2. The first-order valence-electron chi connectivity index (χ1n) is 8.99. The number of anilines is 1. The van der Waals surface area contributed by atoms with Crippen LogP contribution in [0, 0.1) is 6.92 Å². The molecule has 0 radical (unpaired) electrons. The first-order valence-corrected chi connectivity index (χ1v) is 8.99. The SMILES string of the molecule is Cc1nc2cc(CCC(=O)N3CCN(c4ccccn4)CC3)ccc2o1. The van der Waals surface area contributed by atoms with Gasteiger partial charge in [-0.15, -0.1) is 0 Å². The monoisotopic (exact) mass is 350 g/mol. The highest BCUT2D eigenvalue weighted by atomic mass is 16.3. The van der Waals surface area contributed by atoms with Gasteiger partial charge < -0.3 is 14.2 Å². The lowest BCUT2D eigenvalue weighted by Crippen LogP contribution is -2.49. The van der Waals surface area contributed by atoms with E-state index in [-0.39, 0.29) is 5.91 Å². The number of piperazine rings is 1. The molecule has 1 aliphatic heterocycles. The van der Waals surface area contributed by atoms with Gasteiger partial charge in [0.15, 0.2) is 11.5 Å². The summed E-state index contributed by atoms with van der Waals surface area (Å²) in [6.07, 6.45) is 3.05. The third-order valence-corrected chi connectivity index (χ3v) is 4.79. The van der Waals surface area contributed by atoms with Crippen LogP contribution >= 0.6 is 0 Å². The van der Waals surface area contributed by atoms with E-state index in [4.69, 9.17) is 4.42 Å². The molecule has 0 bridgehead atoms. The molecule has 1 aromatic carbocycles. The Hall–Kier alpha value is -2.89. The molecule has 0 atom stereocenters. The van der Waals surface area contributed by atoms with E-state index in [1.54, 1.807) is 6.20 Å². The summed E-state index contributed by atoms with van der Waals surface area (Å²) in [5.41, 5.74) is 2.77. The maximum absolute atomic E-state index is 12.5. The van der Waals surface area contributed by atoms with E-state index in [0.717, 1.165) is 55.1 Å². The van der Waals surface area contributed by atoms with Gasteiger partial charge in [0.25, 0.3) is 0 Å². The Bertz CT molecular complexity index is 899. The van der Waals surface area contributed by atoms with E-state index in [1.807, 2.05) is 48.2 Å². The molecule has 6 heteroatoms. The summed E-state index contributed by atoms with van der Waals surface area (Å²) in [6.45, 7) is 4.99. The van der Waals surface area contributed by atoms with Gasteiger partial charge in [-0.25, -0.2) is 9.97 Å². The number of carbonyl (C=O) groups excluding carboxylic acids is 1. The first kappa shape index (κ1) is 16.6. The van der Waals surface area contributed by atoms with Crippen LogP contribution in [0.25, 0.3) is 11.1 Å². The quantitative estimate of drug-likeness (QED) is 0.724. The average Bonchev–Trinajstić information content (AvgIpc) is 3.06. The van der Waals surface area contributed by atoms with E-state index < -0.39 is 0 Å². The number of oxazole rings is 1. The average molecular weight is 350 g/mol. The molecular weight excluding hydrogens is 328 g/mol. The lowest BCUT2D eigenvalue weighted by Gasteiger charge is -2.35. The maximum atomic E-state index is 12.5. The van der Waals surface area contributed by atoms with Crippen LogP contribution in [0.2, 0.25) is 0 Å². The topological polar surface area (TPSA) is 62.5 Å². The summed E-state index contributed by atoms with van der Waals surface area (Å²) >= 11 is 0. The lowest BCUT2D eigenvalue weighted by molar-refractivity contribution is -0.131. The zero-order valence-electron chi connectivity index (χ0n) is 14.9. The fraction of sp³-hybridized carbons (Fsp3) is 0.350. The Kier molecular flexibility index (Phi) is 4.56. The number of benzene rings is 1. The molecule has 1 fully saturated rings. The van der Waals surface area contributed by atoms with Crippen LogP contribution in [-0.2, 0) is 11.2 Å². The van der Waals surface area contributed by atoms with Crippen molar-refractivity contribution >= 4 is 22.8 Å². The molecule has 2 aromatic heterocycles. The Morgan fingerprint density at radius 1 is 1.15 bits per heavy atom. The Balaban J connectivity index is 1.31. The standard InChI is InChI=1S/C20H22N4O2/c1-15-22-17-14-16(5-7-18(17)26-15)6-8-20(25)24-12-10-23(11-13-24)19-4-2-3-9-21-19/h2-5,7,9,14H,6,8,10-13H2,1H3. The molecule has 1 amide bonds. The van der Waals surface area contributed by atoms with Crippen molar-refractivity contribution in [3.05, 3.63) is 54.0 Å². The number of carbonyl (C=O) groups is 1. The number of amides is 1. The van der Waals surface area contributed by atoms with Crippen molar-refractivity contribution in [1.82, 2.24) is 14.9 Å². The Morgan fingerprint density at radius 3 is 2.77 bits per heavy atom. The molecule has 6 nitrogen and oxygen atoms in total. The summed E-state index contributed by atoms with van der Waals surface area (Å²) < 4.78 is 5.49. The fourth-order valence-corrected chi connectivity index (χ4v) is 3.38. The van der Waals surface area contributed by atoms with Gasteiger partial charge >= 0.3 is 0 Å². The Labute approximate surface area is 152 Å². The van der Waals surface area contributed by atoms with Crippen molar-refractivity contribution in [2.24, 2.45) is 0 Å². The van der Waals surface area contributed by atoms with Crippen LogP contribution in [0.15, 0.2) is 47.0 Å². The number of hydrogen-bond donors (Lipinski definition) is 0. The second-order valence-corrected chi connectivity index (χ2v) is 6.59. The molecule has 26 heavy (non-hydrogen) atoms. The van der Waals surface area contributed by atoms with Crippen LogP contribution in [0.3, 0.4) is 0 Å². The molecule has 3 aromatic rings. The van der Waals surface area contributed by atoms with Gasteiger partial charge in [-0.3, -0.25) is 4.79 Å². The van der Waals surface area contributed by atoms with Gasteiger partial charge in [-0.2, -0.15) is 0 Å². The van der Waals surface area contributed by atoms with Crippen LogP contribution in [-0.4, -0.2) is 47.0 Å². The number of pyridine rings is 1. The van der Waals surface area contributed by atoms with Crippen molar-refractivity contribution in [1.29, 1.82) is 0 Å². The number of rotatable bonds is 4. The largest absolute Gasteiger partial charge is 0.441 e. The molecule has 1 aliphatic rings. The minimum Gasteiger partial charge on any atom is -0.441 e. The van der Waals surface area contributed by atoms with Crippen molar-refractivity contribution in [3.8, 4) is 0 Å². The van der Waals surface area contributed by atoms with E-state index in [1.165, 1.54) is 0 Å². The number of hydrogen-bond acceptors (Lipinski definition) is 5. The summed E-state index contributed by atoms with van der Waals surface area (Å²) in [5.74, 6) is 1.86. The van der Waals surface area contributed by atoms with Gasteiger partial charge in [-0.1, -0.05) is 12.1 Å². The van der Waals surface area contributed by atoms with Gasteiger partial charge in [0.1, 0.15) is 11.3 Å². The minimum atomic E-state index is 0.210. The number of nitrogens with zero attached hydrogens (tertiary/aromatic N) is 4. The molecule has 1 saturated heterocycles. The number of aromatic nitrogens is 2. The predicted octanol–water partition coefficient (Wildman–Crippen LogP) is 2.81. The summed E-state index contributed by atoms with van der Waals surface area (Å²) in [7, 11) is 0. The van der Waals surface area contributed by atoms with Gasteiger partial charge in [0.05, 0.1) is 0 Å². The second-order valence-electron chi connectivity index (χ2n) is 6.59. The normalized spacial score (nSPS) is 14.8. The number of fused-ring (bicyclic) bond motifs is 1. The minimum absolute atomic E-state index is 0.210. The van der Waals surface area contributed by atoms with Crippen molar-refractivity contribution in [2.45, 2.75) is 19.8 Å². The molecule has 0 N–H and O–H groups in total. The third kappa shape index (κ3) is 3.54. The zero-order chi connectivity index (χ0) is 17.9. The van der Waals surface area contributed by atoms with Crippen LogP contribution in [0.5, 0.6) is 0 Å². The summed E-state index contributed by atoms with van der Waals surface area (Å²) in [5, 5.41) is 0. The first-order chi connectivity index (χ1) is 12.7. The smallest absolute Gasteiger partial charge is 0.223 e. The molecule has 0 saturated carbocycles. The van der Waals surface area contributed by atoms with Crippen molar-refractivity contribution in [2.75, 3.05) is 31.1 Å². The summed E-state index contributed by atoms with van der Waals surface area (Å²) in [6, 6.07) is 11.9. The Morgan fingerprint density at radius 2 is 2.00 bits per heavy atom. The van der Waals surface area contributed by atoms with Crippen molar-refractivity contribution in [3.63, 3.8) is 0 Å². The zero-order valence-corrected chi connectivity index (χ0v) is 14.9. The van der Waals surface area contributed by atoms with Crippen LogP contribution in [0.1, 0.15) is 17.9 Å². The molecule has 134 valence electrons. The molecule has 4 rings (SSSR count). The second kappa shape index (κ2) is 7.15. The maximum Gasteiger partial charge on any atom is 0.223 e. The molecule has 0 aliphatic carbocycles. The molecular formula is C20H22N4O2. The molecule has 0 spiro atoms. The van der Waals surface area contributed by atoms with Gasteiger partial charge in [0.2, 0.25) is 5.91 Å². The lowest BCUT2D eigenvalue weighted by atomic mass is 10.1. The van der Waals surface area contributed by atoms with Crippen molar-refractivity contribution < 1.29 is 9.21 Å². The van der Waals surface area contributed by atoms with E-state index in [0.29, 0.717) is 12.3 Å². The summed E-state index contributed by atoms with van der Waals surface area (Å²) in [4.78, 5) is 25.5. The van der Waals surface area contributed by atoms with Gasteiger partial charge in [0, 0.05) is 45.7 Å². The van der Waals surface area contributed by atoms with Gasteiger partial charge in [-0.05, 0) is 36.2 Å². The highest BCUT2D eigenvalue weighted by Crippen LogP contribution is 2.18. The third-order valence-electron chi connectivity index (χ3n) is 4.79. The van der Waals surface area contributed by atoms with Crippen LogP contribution < -0.4 is 4.90 Å².